The van der Waals surface area contributed by atoms with Crippen molar-refractivity contribution in [3.63, 3.8) is 0 Å². The second kappa shape index (κ2) is 5.93. The maximum Gasteiger partial charge on any atom is 0.234 e. The zero-order chi connectivity index (χ0) is 13.8. The lowest BCUT2D eigenvalue weighted by molar-refractivity contribution is -0.113. The molecule has 0 saturated heterocycles. The topological polar surface area (TPSA) is 80.9 Å². The fourth-order valence-corrected chi connectivity index (χ4v) is 2.62. The molecular formula is C10H8F2N4OS2. The first-order valence-corrected chi connectivity index (χ1v) is 6.81. The molecule has 19 heavy (non-hydrogen) atoms. The fraction of sp³-hybridized carbons (Fsp3) is 0.100. The van der Waals surface area contributed by atoms with E-state index in [0.29, 0.717) is 15.5 Å². The summed E-state index contributed by atoms with van der Waals surface area (Å²) < 4.78 is 26.5. The number of halogens is 2. The van der Waals surface area contributed by atoms with Crippen molar-refractivity contribution in [3.05, 3.63) is 29.8 Å². The van der Waals surface area contributed by atoms with Gasteiger partial charge in [0, 0.05) is 6.07 Å². The molecule has 1 amide bonds. The molecule has 0 aliphatic carbocycles. The number of amides is 1. The number of carbonyl (C=O) groups is 1. The van der Waals surface area contributed by atoms with Gasteiger partial charge in [0.1, 0.15) is 11.6 Å². The van der Waals surface area contributed by atoms with Gasteiger partial charge in [0.05, 0.1) is 11.4 Å². The molecule has 0 unspecified atom stereocenters. The molecule has 9 heteroatoms. The van der Waals surface area contributed by atoms with Crippen molar-refractivity contribution < 1.29 is 13.6 Å². The van der Waals surface area contributed by atoms with Gasteiger partial charge in [-0.05, 0) is 12.1 Å². The van der Waals surface area contributed by atoms with Crippen LogP contribution in [0.4, 0.5) is 19.6 Å². The number of anilines is 2. The lowest BCUT2D eigenvalue weighted by Gasteiger charge is -2.05. The fourth-order valence-electron chi connectivity index (χ4n) is 1.18. The van der Waals surface area contributed by atoms with Gasteiger partial charge in [0.25, 0.3) is 0 Å². The molecule has 100 valence electrons. The van der Waals surface area contributed by atoms with Crippen molar-refractivity contribution in [2.45, 2.75) is 4.34 Å². The molecule has 0 atom stereocenters. The molecule has 1 aromatic carbocycles. The molecule has 2 rings (SSSR count). The number of nitrogens with two attached hydrogens (primary N) is 1. The number of carbonyl (C=O) groups excluding carboxylic acids is 1. The molecule has 0 saturated carbocycles. The zero-order valence-corrected chi connectivity index (χ0v) is 11.0. The SMILES string of the molecule is Nc1nnc(SCC(=O)Nc2ccc(F)cc2F)s1. The maximum atomic E-state index is 13.3. The van der Waals surface area contributed by atoms with Crippen molar-refractivity contribution in [3.8, 4) is 0 Å². The maximum absolute atomic E-state index is 13.3. The normalized spacial score (nSPS) is 10.4. The third-order valence-corrected chi connectivity index (χ3v) is 3.84. The Bertz CT molecular complexity index is 605. The summed E-state index contributed by atoms with van der Waals surface area (Å²) in [7, 11) is 0. The van der Waals surface area contributed by atoms with Gasteiger partial charge >= 0.3 is 0 Å². The van der Waals surface area contributed by atoms with Gasteiger partial charge in [-0.2, -0.15) is 0 Å². The third-order valence-electron chi connectivity index (χ3n) is 1.95. The van der Waals surface area contributed by atoms with Crippen LogP contribution in [0.1, 0.15) is 0 Å². The van der Waals surface area contributed by atoms with E-state index in [0.717, 1.165) is 35.2 Å². The van der Waals surface area contributed by atoms with E-state index < -0.39 is 17.5 Å². The minimum atomic E-state index is -0.821. The predicted molar refractivity (Wildman–Crippen MR) is 70.0 cm³/mol. The molecule has 0 aliphatic heterocycles. The average Bonchev–Trinajstić information content (AvgIpc) is 2.76. The van der Waals surface area contributed by atoms with Crippen LogP contribution in [0.15, 0.2) is 22.5 Å². The number of aromatic nitrogens is 2. The van der Waals surface area contributed by atoms with Gasteiger partial charge in [0.2, 0.25) is 11.0 Å². The second-order valence-corrected chi connectivity index (χ2v) is 5.60. The third kappa shape index (κ3) is 3.86. The van der Waals surface area contributed by atoms with Gasteiger partial charge in [-0.3, -0.25) is 4.79 Å². The Balaban J connectivity index is 1.90. The number of hydrogen-bond acceptors (Lipinski definition) is 6. The van der Waals surface area contributed by atoms with Crippen molar-refractivity contribution >= 4 is 39.8 Å². The molecule has 1 heterocycles. The summed E-state index contributed by atoms with van der Waals surface area (Å²) >= 11 is 2.29. The molecule has 0 bridgehead atoms. The van der Waals surface area contributed by atoms with Crippen LogP contribution >= 0.6 is 23.1 Å². The number of thioether (sulfide) groups is 1. The van der Waals surface area contributed by atoms with Gasteiger partial charge in [0.15, 0.2) is 4.34 Å². The monoisotopic (exact) mass is 302 g/mol. The van der Waals surface area contributed by atoms with E-state index in [-0.39, 0.29) is 11.4 Å². The summed E-state index contributed by atoms with van der Waals surface area (Å²) in [5, 5.41) is 9.97. The lowest BCUT2D eigenvalue weighted by atomic mass is 10.3. The highest BCUT2D eigenvalue weighted by atomic mass is 32.2. The van der Waals surface area contributed by atoms with Crippen LogP contribution in [0.5, 0.6) is 0 Å². The summed E-state index contributed by atoms with van der Waals surface area (Å²) in [6, 6.07) is 2.93. The molecule has 1 aromatic heterocycles. The minimum absolute atomic E-state index is 0.0332. The molecule has 2 aromatic rings. The van der Waals surface area contributed by atoms with E-state index in [4.69, 9.17) is 5.73 Å². The van der Waals surface area contributed by atoms with Crippen molar-refractivity contribution in [1.82, 2.24) is 10.2 Å². The smallest absolute Gasteiger partial charge is 0.234 e. The Morgan fingerprint density at radius 1 is 1.42 bits per heavy atom. The minimum Gasteiger partial charge on any atom is -0.374 e. The Labute approximate surface area is 115 Å². The Kier molecular flexibility index (Phi) is 4.27. The first-order chi connectivity index (χ1) is 9.04. The van der Waals surface area contributed by atoms with Crippen molar-refractivity contribution in [1.29, 1.82) is 0 Å². The summed E-state index contributed by atoms with van der Waals surface area (Å²) in [5.74, 6) is -1.91. The number of nitrogen functional groups attached to an aromatic ring is 1. The summed E-state index contributed by atoms with van der Waals surface area (Å²) in [6.45, 7) is 0. The number of hydrogen-bond donors (Lipinski definition) is 2. The quantitative estimate of drug-likeness (QED) is 0.846. The van der Waals surface area contributed by atoms with Gasteiger partial charge in [-0.15, -0.1) is 10.2 Å². The molecule has 0 radical (unpaired) electrons. The standard InChI is InChI=1S/C10H8F2N4OS2/c11-5-1-2-7(6(12)3-5)14-8(17)4-18-10-16-15-9(13)19-10/h1-3H,4H2,(H2,13,15)(H,14,17). The Morgan fingerprint density at radius 2 is 2.21 bits per heavy atom. The molecule has 0 spiro atoms. The van der Waals surface area contributed by atoms with E-state index in [1.165, 1.54) is 0 Å². The van der Waals surface area contributed by atoms with E-state index in [1.807, 2.05) is 0 Å². The first kappa shape index (κ1) is 13.7. The predicted octanol–water partition coefficient (Wildman–Crippen LogP) is 2.13. The number of nitrogens with zero attached hydrogens (tertiary/aromatic N) is 2. The van der Waals surface area contributed by atoms with Crippen LogP contribution < -0.4 is 11.1 Å². The highest BCUT2D eigenvalue weighted by Gasteiger charge is 2.10. The summed E-state index contributed by atoms with van der Waals surface area (Å²) in [6.07, 6.45) is 0. The molecule has 0 aliphatic rings. The van der Waals surface area contributed by atoms with E-state index >= 15 is 0 Å². The lowest BCUT2D eigenvalue weighted by Crippen LogP contribution is -2.15. The van der Waals surface area contributed by atoms with Gasteiger partial charge < -0.3 is 11.1 Å². The van der Waals surface area contributed by atoms with Crippen LogP contribution in [0.3, 0.4) is 0 Å². The summed E-state index contributed by atoms with van der Waals surface area (Å²) in [5.41, 5.74) is 5.32. The van der Waals surface area contributed by atoms with Gasteiger partial charge in [-0.25, -0.2) is 8.78 Å². The molecule has 3 N–H and O–H groups in total. The van der Waals surface area contributed by atoms with E-state index in [1.54, 1.807) is 0 Å². The number of rotatable bonds is 4. The highest BCUT2D eigenvalue weighted by Crippen LogP contribution is 2.23. The van der Waals surface area contributed by atoms with Crippen molar-refractivity contribution in [2.24, 2.45) is 0 Å². The molecule has 0 fully saturated rings. The number of nitrogens with one attached hydrogen (secondary N) is 1. The van der Waals surface area contributed by atoms with Crippen LogP contribution in [-0.2, 0) is 4.79 Å². The van der Waals surface area contributed by atoms with Crippen LogP contribution in [0.25, 0.3) is 0 Å². The van der Waals surface area contributed by atoms with Gasteiger partial charge in [-0.1, -0.05) is 23.1 Å². The Hall–Kier alpha value is -1.74. The number of benzene rings is 1. The second-order valence-electron chi connectivity index (χ2n) is 3.37. The van der Waals surface area contributed by atoms with Crippen LogP contribution in [0, 0.1) is 11.6 Å². The Morgan fingerprint density at radius 3 is 2.84 bits per heavy atom. The molecular weight excluding hydrogens is 294 g/mol. The largest absolute Gasteiger partial charge is 0.374 e. The van der Waals surface area contributed by atoms with Crippen molar-refractivity contribution in [2.75, 3.05) is 16.8 Å². The summed E-state index contributed by atoms with van der Waals surface area (Å²) in [4.78, 5) is 11.6. The highest BCUT2D eigenvalue weighted by molar-refractivity contribution is 8.01. The molecule has 5 nitrogen and oxygen atoms in total. The average molecular weight is 302 g/mol. The van der Waals surface area contributed by atoms with E-state index in [2.05, 4.69) is 15.5 Å². The van der Waals surface area contributed by atoms with Crippen LogP contribution in [0.2, 0.25) is 0 Å². The first-order valence-electron chi connectivity index (χ1n) is 5.01. The van der Waals surface area contributed by atoms with Crippen LogP contribution in [-0.4, -0.2) is 21.9 Å². The van der Waals surface area contributed by atoms with E-state index in [9.17, 15) is 13.6 Å². The zero-order valence-electron chi connectivity index (χ0n) is 9.39.